The lowest BCUT2D eigenvalue weighted by Crippen LogP contribution is -2.17. The molecule has 0 bridgehead atoms. The van der Waals surface area contributed by atoms with Crippen LogP contribution in [0, 0.1) is 6.92 Å². The van der Waals surface area contributed by atoms with Gasteiger partial charge in [0.2, 0.25) is 5.82 Å². The van der Waals surface area contributed by atoms with E-state index in [0.717, 1.165) is 0 Å². The summed E-state index contributed by atoms with van der Waals surface area (Å²) in [5.74, 6) is 4.08. The summed E-state index contributed by atoms with van der Waals surface area (Å²) >= 11 is 0. The predicted molar refractivity (Wildman–Crippen MR) is 63.4 cm³/mol. The third-order valence-electron chi connectivity index (χ3n) is 2.25. The fraction of sp³-hybridized carbons (Fsp3) is 0.300. The van der Waals surface area contributed by atoms with Crippen molar-refractivity contribution in [1.82, 2.24) is 15.1 Å². The highest BCUT2D eigenvalue weighted by molar-refractivity contribution is 5.47. The van der Waals surface area contributed by atoms with E-state index in [2.05, 4.69) is 25.9 Å². The van der Waals surface area contributed by atoms with Gasteiger partial charge in [0.1, 0.15) is 11.6 Å². The molecule has 7 nitrogen and oxygen atoms in total. The molecule has 2 aromatic heterocycles. The van der Waals surface area contributed by atoms with Crippen molar-refractivity contribution >= 4 is 11.6 Å². The summed E-state index contributed by atoms with van der Waals surface area (Å²) in [7, 11) is 0. The Morgan fingerprint density at radius 3 is 2.50 bits per heavy atom. The molecule has 0 atom stereocenters. The van der Waals surface area contributed by atoms with Gasteiger partial charge in [-0.1, -0.05) is 5.16 Å². The Hall–Kier alpha value is -2.36. The Morgan fingerprint density at radius 2 is 1.95 bits per heavy atom. The maximum Gasteiger partial charge on any atom is 0.451 e. The number of nitrogens with one attached hydrogen (secondary N) is 2. The second kappa shape index (κ2) is 5.33. The van der Waals surface area contributed by atoms with Gasteiger partial charge >= 0.3 is 6.18 Å². The van der Waals surface area contributed by atoms with Crippen molar-refractivity contribution in [2.24, 2.45) is 5.84 Å². The second-order valence-corrected chi connectivity index (χ2v) is 3.89. The minimum Gasteiger partial charge on any atom is -0.363 e. The van der Waals surface area contributed by atoms with Gasteiger partial charge < -0.3 is 15.3 Å². The van der Waals surface area contributed by atoms with E-state index >= 15 is 0 Å². The molecule has 2 heterocycles. The SMILES string of the molecule is Cc1cc(CNc2cc(NN)nc(C(F)(F)F)n2)on1. The molecule has 10 heteroatoms. The lowest BCUT2D eigenvalue weighted by atomic mass is 10.4. The summed E-state index contributed by atoms with van der Waals surface area (Å²) in [5.41, 5.74) is 2.73. The highest BCUT2D eigenvalue weighted by Gasteiger charge is 2.35. The number of anilines is 2. The molecule has 0 radical (unpaired) electrons. The molecule has 4 N–H and O–H groups in total. The number of nitrogens with zero attached hydrogens (tertiary/aromatic N) is 3. The topological polar surface area (TPSA) is 102 Å². The van der Waals surface area contributed by atoms with Gasteiger partial charge in [0.15, 0.2) is 5.76 Å². The van der Waals surface area contributed by atoms with Gasteiger partial charge in [0.05, 0.1) is 12.2 Å². The minimum absolute atomic E-state index is 0.0330. The average molecular weight is 288 g/mol. The highest BCUT2D eigenvalue weighted by Crippen LogP contribution is 2.28. The number of aromatic nitrogens is 3. The van der Waals surface area contributed by atoms with Gasteiger partial charge in [-0.25, -0.2) is 15.8 Å². The van der Waals surface area contributed by atoms with Gasteiger partial charge in [0, 0.05) is 12.1 Å². The molecule has 0 fully saturated rings. The molecular weight excluding hydrogens is 277 g/mol. The lowest BCUT2D eigenvalue weighted by Gasteiger charge is -2.10. The maximum absolute atomic E-state index is 12.6. The predicted octanol–water partition coefficient (Wildman–Crippen LogP) is 1.69. The largest absolute Gasteiger partial charge is 0.451 e. The van der Waals surface area contributed by atoms with Crippen molar-refractivity contribution in [3.63, 3.8) is 0 Å². The fourth-order valence-electron chi connectivity index (χ4n) is 1.42. The molecule has 2 aromatic rings. The monoisotopic (exact) mass is 288 g/mol. The van der Waals surface area contributed by atoms with Crippen molar-refractivity contribution in [2.75, 3.05) is 10.7 Å². The van der Waals surface area contributed by atoms with E-state index in [4.69, 9.17) is 10.4 Å². The second-order valence-electron chi connectivity index (χ2n) is 3.89. The van der Waals surface area contributed by atoms with Crippen LogP contribution in [0.1, 0.15) is 17.3 Å². The lowest BCUT2D eigenvalue weighted by molar-refractivity contribution is -0.144. The van der Waals surface area contributed by atoms with E-state index in [-0.39, 0.29) is 18.2 Å². The molecule has 0 saturated heterocycles. The number of halogens is 3. The molecule has 0 aliphatic heterocycles. The van der Waals surface area contributed by atoms with Crippen molar-refractivity contribution in [1.29, 1.82) is 0 Å². The summed E-state index contributed by atoms with van der Waals surface area (Å²) in [6, 6.07) is 2.90. The number of nitrogen functional groups attached to an aromatic ring is 1. The summed E-state index contributed by atoms with van der Waals surface area (Å²) in [6.45, 7) is 1.87. The van der Waals surface area contributed by atoms with Crippen molar-refractivity contribution in [3.8, 4) is 0 Å². The molecule has 2 rings (SSSR count). The number of hydrogen-bond donors (Lipinski definition) is 3. The molecule has 0 aromatic carbocycles. The first-order valence-electron chi connectivity index (χ1n) is 5.47. The van der Waals surface area contributed by atoms with Gasteiger partial charge in [-0.3, -0.25) is 0 Å². The first-order chi connectivity index (χ1) is 9.38. The van der Waals surface area contributed by atoms with E-state index in [1.165, 1.54) is 6.07 Å². The third kappa shape index (κ3) is 3.35. The van der Waals surface area contributed by atoms with E-state index in [1.54, 1.807) is 13.0 Å². The summed E-state index contributed by atoms with van der Waals surface area (Å²) in [5, 5.41) is 6.34. The van der Waals surface area contributed by atoms with Crippen LogP contribution in [0.4, 0.5) is 24.8 Å². The Morgan fingerprint density at radius 1 is 1.25 bits per heavy atom. The molecule has 0 amide bonds. The first kappa shape index (κ1) is 14.1. The third-order valence-corrected chi connectivity index (χ3v) is 2.25. The summed E-state index contributed by atoms with van der Waals surface area (Å²) in [4.78, 5) is 6.60. The Kier molecular flexibility index (Phi) is 3.74. The number of alkyl halides is 3. The van der Waals surface area contributed by atoms with Crippen LogP contribution in [0.5, 0.6) is 0 Å². The number of aryl methyl sites for hydroxylation is 1. The van der Waals surface area contributed by atoms with E-state index < -0.39 is 12.0 Å². The van der Waals surface area contributed by atoms with Crippen LogP contribution < -0.4 is 16.6 Å². The molecule has 0 unspecified atom stereocenters. The van der Waals surface area contributed by atoms with Crippen LogP contribution >= 0.6 is 0 Å². The minimum atomic E-state index is -4.66. The standard InChI is InChI=1S/C10H11F3N6O/c1-5-2-6(20-19-5)4-15-7-3-8(18-14)17-9(16-7)10(11,12)13/h2-3H,4,14H2,1H3,(H2,15,16,17,18). The van der Waals surface area contributed by atoms with Gasteiger partial charge in [0.25, 0.3) is 0 Å². The van der Waals surface area contributed by atoms with Crippen LogP contribution in [-0.2, 0) is 12.7 Å². The van der Waals surface area contributed by atoms with Crippen molar-refractivity contribution in [3.05, 3.63) is 29.4 Å². The summed E-state index contributed by atoms with van der Waals surface area (Å²) < 4.78 is 42.7. The number of rotatable bonds is 4. The molecule has 20 heavy (non-hydrogen) atoms. The maximum atomic E-state index is 12.6. The van der Waals surface area contributed by atoms with Crippen molar-refractivity contribution in [2.45, 2.75) is 19.6 Å². The quantitative estimate of drug-likeness (QED) is 0.581. The average Bonchev–Trinajstić information content (AvgIpc) is 2.81. The molecule has 0 spiro atoms. The molecule has 0 saturated carbocycles. The molecule has 108 valence electrons. The normalized spacial score (nSPS) is 11.4. The van der Waals surface area contributed by atoms with E-state index in [1.807, 2.05) is 0 Å². The van der Waals surface area contributed by atoms with Crippen LogP contribution in [0.25, 0.3) is 0 Å². The zero-order valence-electron chi connectivity index (χ0n) is 10.3. The van der Waals surface area contributed by atoms with Crippen LogP contribution in [-0.4, -0.2) is 15.1 Å². The van der Waals surface area contributed by atoms with Gasteiger partial charge in [-0.2, -0.15) is 13.2 Å². The van der Waals surface area contributed by atoms with Crippen molar-refractivity contribution < 1.29 is 17.7 Å². The molecule has 0 aliphatic rings. The highest BCUT2D eigenvalue weighted by atomic mass is 19.4. The Balaban J connectivity index is 2.18. The summed E-state index contributed by atoms with van der Waals surface area (Å²) in [6.07, 6.45) is -4.66. The molecule has 0 aliphatic carbocycles. The van der Waals surface area contributed by atoms with Gasteiger partial charge in [-0.15, -0.1) is 0 Å². The zero-order valence-corrected chi connectivity index (χ0v) is 10.3. The first-order valence-corrected chi connectivity index (χ1v) is 5.47. The zero-order chi connectivity index (χ0) is 14.8. The molecular formula is C10H11F3N6O. The van der Waals surface area contributed by atoms with E-state index in [0.29, 0.717) is 11.5 Å². The smallest absolute Gasteiger partial charge is 0.363 e. The van der Waals surface area contributed by atoms with Crippen LogP contribution in [0.2, 0.25) is 0 Å². The van der Waals surface area contributed by atoms with Crippen LogP contribution in [0.15, 0.2) is 16.7 Å². The van der Waals surface area contributed by atoms with Gasteiger partial charge in [-0.05, 0) is 6.92 Å². The fourth-order valence-corrected chi connectivity index (χ4v) is 1.42. The Bertz CT molecular complexity index is 597. The number of hydrogen-bond acceptors (Lipinski definition) is 7. The van der Waals surface area contributed by atoms with E-state index in [9.17, 15) is 13.2 Å². The number of nitrogens with two attached hydrogens (primary N) is 1. The number of hydrazine groups is 1. The van der Waals surface area contributed by atoms with Crippen LogP contribution in [0.3, 0.4) is 0 Å². The Labute approximate surface area is 111 Å².